The standard InChI is InChI=1S/C21H35N3O2/c1-14(2)18(19(25)24-6-4-23(3)5-7-24)22-20(26)21-11-15-8-16(12-21)10-17(9-15)13-21/h14-18H,4-13H2,1-3H3,(H,22,26). The molecule has 0 aromatic heterocycles. The highest BCUT2D eigenvalue weighted by atomic mass is 16.2. The van der Waals surface area contributed by atoms with Crippen LogP contribution in [0.2, 0.25) is 0 Å². The SMILES string of the molecule is CC(C)C(NC(=O)C12CC3CC(CC(C3)C1)C2)C(=O)N1CCN(C)CC1. The van der Waals surface area contributed by atoms with Gasteiger partial charge in [0.2, 0.25) is 11.8 Å². The topological polar surface area (TPSA) is 52.7 Å². The maximum Gasteiger partial charge on any atom is 0.245 e. The van der Waals surface area contributed by atoms with E-state index in [1.807, 2.05) is 4.90 Å². The molecule has 0 spiro atoms. The van der Waals surface area contributed by atoms with Crippen molar-refractivity contribution in [2.24, 2.45) is 29.1 Å². The minimum absolute atomic E-state index is 0.117. The molecule has 26 heavy (non-hydrogen) atoms. The van der Waals surface area contributed by atoms with Crippen molar-refractivity contribution in [2.45, 2.75) is 58.4 Å². The van der Waals surface area contributed by atoms with Crippen molar-refractivity contribution in [3.8, 4) is 0 Å². The number of likely N-dealkylation sites (N-methyl/N-ethyl adjacent to an activating group) is 1. The molecule has 5 heteroatoms. The minimum atomic E-state index is -0.376. The molecule has 2 amide bonds. The molecule has 1 aliphatic heterocycles. The van der Waals surface area contributed by atoms with Crippen molar-refractivity contribution in [3.05, 3.63) is 0 Å². The predicted octanol–water partition coefficient (Wildman–Crippen LogP) is 2.12. The van der Waals surface area contributed by atoms with Gasteiger partial charge in [0.05, 0.1) is 0 Å². The number of rotatable bonds is 4. The van der Waals surface area contributed by atoms with E-state index in [4.69, 9.17) is 0 Å². The van der Waals surface area contributed by atoms with Crippen LogP contribution in [0.4, 0.5) is 0 Å². The van der Waals surface area contributed by atoms with Gasteiger partial charge in [-0.3, -0.25) is 9.59 Å². The third-order valence-electron chi connectivity index (χ3n) is 7.55. The Morgan fingerprint density at radius 1 is 0.923 bits per heavy atom. The molecule has 0 aromatic rings. The molecule has 4 aliphatic carbocycles. The highest BCUT2D eigenvalue weighted by molar-refractivity contribution is 5.90. The van der Waals surface area contributed by atoms with Crippen molar-refractivity contribution in [3.63, 3.8) is 0 Å². The molecule has 0 aromatic carbocycles. The van der Waals surface area contributed by atoms with Crippen LogP contribution in [0.5, 0.6) is 0 Å². The van der Waals surface area contributed by atoms with E-state index in [0.29, 0.717) is 0 Å². The molecule has 1 N–H and O–H groups in total. The number of carbonyl (C=O) groups is 2. The van der Waals surface area contributed by atoms with Gasteiger partial charge in [-0.2, -0.15) is 0 Å². The number of nitrogens with zero attached hydrogens (tertiary/aromatic N) is 2. The Morgan fingerprint density at radius 2 is 1.42 bits per heavy atom. The minimum Gasteiger partial charge on any atom is -0.344 e. The van der Waals surface area contributed by atoms with Crippen LogP contribution in [-0.2, 0) is 9.59 Å². The molecular weight excluding hydrogens is 326 g/mol. The Morgan fingerprint density at radius 3 is 1.88 bits per heavy atom. The predicted molar refractivity (Wildman–Crippen MR) is 101 cm³/mol. The zero-order chi connectivity index (χ0) is 18.5. The van der Waals surface area contributed by atoms with Crippen LogP contribution in [0, 0.1) is 29.1 Å². The van der Waals surface area contributed by atoms with Crippen molar-refractivity contribution < 1.29 is 9.59 Å². The van der Waals surface area contributed by atoms with Gasteiger partial charge in [-0.15, -0.1) is 0 Å². The molecule has 5 rings (SSSR count). The molecule has 0 radical (unpaired) electrons. The fourth-order valence-corrected chi connectivity index (χ4v) is 6.42. The summed E-state index contributed by atoms with van der Waals surface area (Å²) < 4.78 is 0. The lowest BCUT2D eigenvalue weighted by atomic mass is 9.49. The summed E-state index contributed by atoms with van der Waals surface area (Å²) in [4.78, 5) is 30.7. The summed E-state index contributed by atoms with van der Waals surface area (Å²) in [5.41, 5.74) is -0.176. The van der Waals surface area contributed by atoms with E-state index in [9.17, 15) is 9.59 Å². The second-order valence-corrected chi connectivity index (χ2v) is 10.0. The summed E-state index contributed by atoms with van der Waals surface area (Å²) in [5.74, 6) is 2.66. The molecule has 1 saturated heterocycles. The average Bonchev–Trinajstić information content (AvgIpc) is 2.58. The number of amides is 2. The highest BCUT2D eigenvalue weighted by Crippen LogP contribution is 2.60. The third-order valence-corrected chi connectivity index (χ3v) is 7.55. The first-order valence-corrected chi connectivity index (χ1v) is 10.6. The van der Waals surface area contributed by atoms with Gasteiger partial charge >= 0.3 is 0 Å². The zero-order valence-corrected chi connectivity index (χ0v) is 16.7. The summed E-state index contributed by atoms with van der Waals surface area (Å²) in [6.07, 6.45) is 7.16. The van der Waals surface area contributed by atoms with Gasteiger partial charge in [-0.1, -0.05) is 13.8 Å². The van der Waals surface area contributed by atoms with Crippen molar-refractivity contribution in [1.82, 2.24) is 15.1 Å². The Bertz CT molecular complexity index is 530. The van der Waals surface area contributed by atoms with E-state index in [2.05, 4.69) is 31.1 Å². The maximum atomic E-state index is 13.4. The van der Waals surface area contributed by atoms with Crippen LogP contribution in [0.3, 0.4) is 0 Å². The molecule has 4 saturated carbocycles. The first-order chi connectivity index (χ1) is 12.4. The lowest BCUT2D eigenvalue weighted by Gasteiger charge is -2.56. The van der Waals surface area contributed by atoms with Crippen LogP contribution >= 0.6 is 0 Å². The van der Waals surface area contributed by atoms with Crippen molar-refractivity contribution >= 4 is 11.8 Å². The maximum absolute atomic E-state index is 13.4. The molecule has 1 unspecified atom stereocenters. The molecule has 1 heterocycles. The van der Waals surface area contributed by atoms with E-state index in [0.717, 1.165) is 63.2 Å². The molecule has 5 nitrogen and oxygen atoms in total. The van der Waals surface area contributed by atoms with Gasteiger partial charge in [0.15, 0.2) is 0 Å². The zero-order valence-electron chi connectivity index (χ0n) is 16.7. The van der Waals surface area contributed by atoms with Crippen LogP contribution < -0.4 is 5.32 Å². The summed E-state index contributed by atoms with van der Waals surface area (Å²) in [5, 5.41) is 3.24. The molecule has 5 fully saturated rings. The lowest BCUT2D eigenvalue weighted by molar-refractivity contribution is -0.151. The smallest absolute Gasteiger partial charge is 0.245 e. The Kier molecular flexibility index (Phi) is 4.79. The fraction of sp³-hybridized carbons (Fsp3) is 0.905. The van der Waals surface area contributed by atoms with Gasteiger partial charge in [0.25, 0.3) is 0 Å². The summed E-state index contributed by atoms with van der Waals surface area (Å²) in [6, 6.07) is -0.376. The van der Waals surface area contributed by atoms with Gasteiger partial charge in [0.1, 0.15) is 6.04 Å². The molecule has 4 bridgehead atoms. The Labute approximate surface area is 157 Å². The Hall–Kier alpha value is -1.10. The third kappa shape index (κ3) is 3.28. The molecule has 5 aliphatic rings. The number of hydrogen-bond donors (Lipinski definition) is 1. The molecular formula is C21H35N3O2. The largest absolute Gasteiger partial charge is 0.344 e. The lowest BCUT2D eigenvalue weighted by Crippen LogP contribution is -2.60. The summed E-state index contributed by atoms with van der Waals surface area (Å²) in [6.45, 7) is 7.48. The van der Waals surface area contributed by atoms with Gasteiger partial charge < -0.3 is 15.1 Å². The first-order valence-electron chi connectivity index (χ1n) is 10.6. The van der Waals surface area contributed by atoms with Crippen LogP contribution in [0.1, 0.15) is 52.4 Å². The van der Waals surface area contributed by atoms with Crippen molar-refractivity contribution in [2.75, 3.05) is 33.2 Å². The van der Waals surface area contributed by atoms with E-state index in [-0.39, 0.29) is 29.2 Å². The average molecular weight is 362 g/mol. The molecule has 1 atom stereocenters. The van der Waals surface area contributed by atoms with Gasteiger partial charge in [-0.05, 0) is 69.2 Å². The quantitative estimate of drug-likeness (QED) is 0.834. The van der Waals surface area contributed by atoms with Crippen molar-refractivity contribution in [1.29, 1.82) is 0 Å². The summed E-state index contributed by atoms with van der Waals surface area (Å²) in [7, 11) is 2.09. The number of carbonyl (C=O) groups excluding carboxylic acids is 2. The van der Waals surface area contributed by atoms with E-state index < -0.39 is 0 Å². The number of nitrogens with one attached hydrogen (secondary N) is 1. The number of hydrogen-bond acceptors (Lipinski definition) is 3. The summed E-state index contributed by atoms with van der Waals surface area (Å²) >= 11 is 0. The van der Waals surface area contributed by atoms with E-state index in [1.54, 1.807) is 0 Å². The first kappa shape index (κ1) is 18.3. The fourth-order valence-electron chi connectivity index (χ4n) is 6.42. The normalized spacial score (nSPS) is 37.8. The monoisotopic (exact) mass is 361 g/mol. The van der Waals surface area contributed by atoms with E-state index >= 15 is 0 Å². The van der Waals surface area contributed by atoms with Gasteiger partial charge in [0, 0.05) is 31.6 Å². The number of piperazine rings is 1. The highest BCUT2D eigenvalue weighted by Gasteiger charge is 2.55. The van der Waals surface area contributed by atoms with Crippen LogP contribution in [0.25, 0.3) is 0 Å². The Balaban J connectivity index is 1.45. The van der Waals surface area contributed by atoms with E-state index in [1.165, 1.54) is 19.3 Å². The van der Waals surface area contributed by atoms with Crippen LogP contribution in [-0.4, -0.2) is 60.9 Å². The van der Waals surface area contributed by atoms with Crippen LogP contribution in [0.15, 0.2) is 0 Å². The van der Waals surface area contributed by atoms with Gasteiger partial charge in [-0.25, -0.2) is 0 Å². The second-order valence-electron chi connectivity index (χ2n) is 10.0. The second kappa shape index (κ2) is 6.81. The molecule has 146 valence electrons.